The van der Waals surface area contributed by atoms with E-state index in [4.69, 9.17) is 21.1 Å². The van der Waals surface area contributed by atoms with Gasteiger partial charge in [0.15, 0.2) is 11.0 Å². The smallest absolute Gasteiger partial charge is 0.417 e. The number of hydrogen-bond acceptors (Lipinski definition) is 6. The van der Waals surface area contributed by atoms with Crippen molar-refractivity contribution in [2.75, 3.05) is 25.3 Å². The van der Waals surface area contributed by atoms with E-state index in [0.717, 1.165) is 35.1 Å². The number of amides is 1. The third kappa shape index (κ3) is 6.17. The van der Waals surface area contributed by atoms with Gasteiger partial charge in [0.2, 0.25) is 5.91 Å². The number of methoxy groups -OCH3 is 2. The number of carbonyl (C=O) groups is 1. The van der Waals surface area contributed by atoms with E-state index in [1.807, 2.05) is 30.3 Å². The van der Waals surface area contributed by atoms with Crippen LogP contribution in [-0.4, -0.2) is 40.6 Å². The number of ether oxygens (including phenoxy) is 2. The Morgan fingerprint density at radius 2 is 1.73 bits per heavy atom. The highest BCUT2D eigenvalue weighted by atomic mass is 35.5. The maximum atomic E-state index is 13.1. The Balaban J connectivity index is 1.59. The molecule has 0 saturated carbocycles. The summed E-state index contributed by atoms with van der Waals surface area (Å²) in [4.78, 5) is 12.6. The molecule has 3 aromatic carbocycles. The SMILES string of the molecule is COc1ccc(-n2c(SCC(=O)Nc3ccc(Cl)c(C(F)(F)F)c3)nnc2-c2cccc(OC)c2)cc1. The third-order valence-electron chi connectivity index (χ3n) is 5.18. The van der Waals surface area contributed by atoms with E-state index in [1.165, 1.54) is 6.07 Å². The zero-order chi connectivity index (χ0) is 26.6. The number of nitrogens with zero attached hydrogens (tertiary/aromatic N) is 3. The van der Waals surface area contributed by atoms with Gasteiger partial charge in [-0.15, -0.1) is 10.2 Å². The van der Waals surface area contributed by atoms with Gasteiger partial charge in [0.05, 0.1) is 30.6 Å². The van der Waals surface area contributed by atoms with Crippen LogP contribution in [-0.2, 0) is 11.0 Å². The summed E-state index contributed by atoms with van der Waals surface area (Å²) in [6, 6.07) is 17.7. The highest BCUT2D eigenvalue weighted by Crippen LogP contribution is 2.36. The quantitative estimate of drug-likeness (QED) is 0.258. The molecule has 1 aromatic heterocycles. The first-order valence-corrected chi connectivity index (χ1v) is 12.1. The van der Waals surface area contributed by atoms with E-state index in [0.29, 0.717) is 22.5 Å². The Bertz CT molecular complexity index is 1410. The van der Waals surface area contributed by atoms with Crippen molar-refractivity contribution >= 4 is 35.0 Å². The van der Waals surface area contributed by atoms with Crippen molar-refractivity contribution in [2.45, 2.75) is 11.3 Å². The number of halogens is 4. The standard InChI is InChI=1S/C25H20ClF3N4O3S/c1-35-18-9-7-17(8-10-18)33-23(15-4-3-5-19(12-15)36-2)31-32-24(33)37-14-22(34)30-16-6-11-21(26)20(13-16)25(27,28)29/h3-13H,14H2,1-2H3,(H,30,34). The number of hydrogen-bond donors (Lipinski definition) is 1. The summed E-state index contributed by atoms with van der Waals surface area (Å²) in [5.74, 6) is 1.16. The summed E-state index contributed by atoms with van der Waals surface area (Å²) in [6.45, 7) is 0. The fourth-order valence-corrected chi connectivity index (χ4v) is 4.40. The zero-order valence-electron chi connectivity index (χ0n) is 19.5. The topological polar surface area (TPSA) is 78.3 Å². The predicted molar refractivity (Wildman–Crippen MR) is 136 cm³/mol. The summed E-state index contributed by atoms with van der Waals surface area (Å²) in [5.41, 5.74) is 0.414. The molecule has 0 saturated heterocycles. The van der Waals surface area contributed by atoms with Crippen LogP contribution in [0, 0.1) is 0 Å². The van der Waals surface area contributed by atoms with Crippen molar-refractivity contribution in [3.63, 3.8) is 0 Å². The van der Waals surface area contributed by atoms with Crippen LogP contribution in [0.1, 0.15) is 5.56 Å². The minimum atomic E-state index is -4.64. The Hall–Kier alpha value is -3.70. The van der Waals surface area contributed by atoms with E-state index in [9.17, 15) is 18.0 Å². The molecule has 0 atom stereocenters. The number of alkyl halides is 3. The van der Waals surface area contributed by atoms with E-state index in [1.54, 1.807) is 37.0 Å². The van der Waals surface area contributed by atoms with E-state index < -0.39 is 22.7 Å². The van der Waals surface area contributed by atoms with Gasteiger partial charge in [0, 0.05) is 16.9 Å². The molecule has 0 radical (unpaired) electrons. The first-order chi connectivity index (χ1) is 17.7. The average molecular weight is 549 g/mol. The molecule has 1 amide bonds. The first kappa shape index (κ1) is 26.4. The molecular formula is C25H20ClF3N4O3S. The van der Waals surface area contributed by atoms with Crippen molar-refractivity contribution in [3.05, 3.63) is 77.3 Å². The highest BCUT2D eigenvalue weighted by molar-refractivity contribution is 7.99. The first-order valence-electron chi connectivity index (χ1n) is 10.7. The van der Waals surface area contributed by atoms with Crippen LogP contribution >= 0.6 is 23.4 Å². The molecule has 12 heteroatoms. The number of thioether (sulfide) groups is 1. The predicted octanol–water partition coefficient (Wildman–Crippen LogP) is 6.35. The Morgan fingerprint density at radius 1 is 1.00 bits per heavy atom. The molecule has 0 fully saturated rings. The molecule has 0 aliphatic rings. The summed E-state index contributed by atoms with van der Waals surface area (Å²) in [7, 11) is 3.12. The Kier molecular flexibility index (Phi) is 7.94. The van der Waals surface area contributed by atoms with Gasteiger partial charge in [-0.25, -0.2) is 0 Å². The van der Waals surface area contributed by atoms with E-state index in [-0.39, 0.29) is 11.4 Å². The minimum Gasteiger partial charge on any atom is -0.497 e. The van der Waals surface area contributed by atoms with Gasteiger partial charge in [0.1, 0.15) is 11.5 Å². The molecule has 1 N–H and O–H groups in total. The molecule has 0 unspecified atom stereocenters. The molecule has 0 spiro atoms. The molecule has 1 heterocycles. The van der Waals surface area contributed by atoms with Crippen LogP contribution < -0.4 is 14.8 Å². The van der Waals surface area contributed by atoms with Crippen molar-refractivity contribution in [1.29, 1.82) is 0 Å². The van der Waals surface area contributed by atoms with Crippen LogP contribution in [0.25, 0.3) is 17.1 Å². The summed E-state index contributed by atoms with van der Waals surface area (Å²) in [6.07, 6.45) is -4.64. The average Bonchev–Trinajstić information content (AvgIpc) is 3.32. The second kappa shape index (κ2) is 11.1. The van der Waals surface area contributed by atoms with Gasteiger partial charge in [-0.1, -0.05) is 35.5 Å². The molecule has 192 valence electrons. The molecule has 4 aromatic rings. The third-order valence-corrected chi connectivity index (χ3v) is 6.44. The zero-order valence-corrected chi connectivity index (χ0v) is 21.1. The highest BCUT2D eigenvalue weighted by Gasteiger charge is 2.33. The van der Waals surface area contributed by atoms with Gasteiger partial charge in [-0.2, -0.15) is 13.2 Å². The molecule has 7 nitrogen and oxygen atoms in total. The van der Waals surface area contributed by atoms with Crippen LogP contribution in [0.4, 0.5) is 18.9 Å². The molecule has 4 rings (SSSR count). The lowest BCUT2D eigenvalue weighted by Crippen LogP contribution is -2.15. The van der Waals surface area contributed by atoms with Crippen LogP contribution in [0.15, 0.2) is 71.9 Å². The van der Waals surface area contributed by atoms with E-state index >= 15 is 0 Å². The van der Waals surface area contributed by atoms with Gasteiger partial charge < -0.3 is 14.8 Å². The monoisotopic (exact) mass is 548 g/mol. The fourth-order valence-electron chi connectivity index (χ4n) is 3.42. The van der Waals surface area contributed by atoms with Gasteiger partial charge in [-0.3, -0.25) is 9.36 Å². The molecule has 0 aliphatic heterocycles. The molecule has 37 heavy (non-hydrogen) atoms. The van der Waals surface area contributed by atoms with Crippen LogP contribution in [0.2, 0.25) is 5.02 Å². The summed E-state index contributed by atoms with van der Waals surface area (Å²) in [5, 5.41) is 11.0. The molecular weight excluding hydrogens is 529 g/mol. The molecule has 0 bridgehead atoms. The number of carbonyl (C=O) groups excluding carboxylic acids is 1. The maximum absolute atomic E-state index is 13.1. The fraction of sp³-hybridized carbons (Fsp3) is 0.160. The lowest BCUT2D eigenvalue weighted by molar-refractivity contribution is -0.137. The lowest BCUT2D eigenvalue weighted by Gasteiger charge is -2.13. The Labute approximate surface area is 219 Å². The summed E-state index contributed by atoms with van der Waals surface area (Å²) < 4.78 is 51.8. The molecule has 0 aliphatic carbocycles. The lowest BCUT2D eigenvalue weighted by atomic mass is 10.2. The van der Waals surface area contributed by atoms with Crippen molar-refractivity contribution < 1.29 is 27.4 Å². The number of aromatic nitrogens is 3. The second-order valence-electron chi connectivity index (χ2n) is 7.60. The number of benzene rings is 3. The van der Waals surface area contributed by atoms with Crippen LogP contribution in [0.3, 0.4) is 0 Å². The van der Waals surface area contributed by atoms with Crippen molar-refractivity contribution in [3.8, 4) is 28.6 Å². The largest absolute Gasteiger partial charge is 0.497 e. The number of anilines is 1. The van der Waals surface area contributed by atoms with Gasteiger partial charge in [-0.05, 0) is 54.6 Å². The Morgan fingerprint density at radius 3 is 2.41 bits per heavy atom. The van der Waals surface area contributed by atoms with Crippen molar-refractivity contribution in [2.24, 2.45) is 0 Å². The summed E-state index contributed by atoms with van der Waals surface area (Å²) >= 11 is 6.74. The minimum absolute atomic E-state index is 0.0176. The van der Waals surface area contributed by atoms with Gasteiger partial charge >= 0.3 is 6.18 Å². The van der Waals surface area contributed by atoms with E-state index in [2.05, 4.69) is 15.5 Å². The number of rotatable bonds is 8. The normalized spacial score (nSPS) is 11.3. The van der Waals surface area contributed by atoms with Crippen molar-refractivity contribution in [1.82, 2.24) is 14.8 Å². The van der Waals surface area contributed by atoms with Gasteiger partial charge in [0.25, 0.3) is 0 Å². The second-order valence-corrected chi connectivity index (χ2v) is 8.95. The maximum Gasteiger partial charge on any atom is 0.417 e. The van der Waals surface area contributed by atoms with Crippen LogP contribution in [0.5, 0.6) is 11.5 Å². The number of nitrogens with one attached hydrogen (secondary N) is 1.